The van der Waals surface area contributed by atoms with Gasteiger partial charge in [0.1, 0.15) is 0 Å². The minimum atomic E-state index is -0.432. The van der Waals surface area contributed by atoms with Crippen molar-refractivity contribution in [2.45, 2.75) is 6.92 Å². The lowest BCUT2D eigenvalue weighted by Crippen LogP contribution is -2.26. The van der Waals surface area contributed by atoms with Crippen molar-refractivity contribution >= 4 is 17.7 Å². The van der Waals surface area contributed by atoms with Gasteiger partial charge in [0.15, 0.2) is 0 Å². The van der Waals surface area contributed by atoms with Gasteiger partial charge >= 0.3 is 12.1 Å². The van der Waals surface area contributed by atoms with Gasteiger partial charge in [-0.1, -0.05) is 0 Å². The summed E-state index contributed by atoms with van der Waals surface area (Å²) in [5, 5.41) is 0. The first kappa shape index (κ1) is 13.0. The molecule has 5 nitrogen and oxygen atoms in total. The van der Waals surface area contributed by atoms with E-state index in [1.807, 2.05) is 0 Å². The largest absolute Gasteiger partial charge is 0.465 e. The summed E-state index contributed by atoms with van der Waals surface area (Å²) in [7, 11) is 2.92. The van der Waals surface area contributed by atoms with Gasteiger partial charge in [0.25, 0.3) is 0 Å². The average molecular weight is 237 g/mol. The molecule has 1 amide bonds. The monoisotopic (exact) mass is 237 g/mol. The van der Waals surface area contributed by atoms with Crippen molar-refractivity contribution in [3.05, 3.63) is 29.8 Å². The molecule has 0 unspecified atom stereocenters. The molecule has 0 atom stereocenters. The summed E-state index contributed by atoms with van der Waals surface area (Å²) in [6.07, 6.45) is -0.432. The molecule has 0 saturated heterocycles. The molecule has 5 heteroatoms. The van der Waals surface area contributed by atoms with Gasteiger partial charge in [0, 0.05) is 12.7 Å². The molecule has 0 heterocycles. The fraction of sp³-hybridized carbons (Fsp3) is 0.333. The van der Waals surface area contributed by atoms with Gasteiger partial charge in [-0.2, -0.15) is 0 Å². The summed E-state index contributed by atoms with van der Waals surface area (Å²) in [5.41, 5.74) is 1.09. The van der Waals surface area contributed by atoms with E-state index in [0.29, 0.717) is 17.9 Å². The molecule has 0 bridgehead atoms. The Kier molecular flexibility index (Phi) is 4.51. The summed E-state index contributed by atoms with van der Waals surface area (Å²) >= 11 is 0. The highest BCUT2D eigenvalue weighted by molar-refractivity contribution is 5.91. The number of amides is 1. The number of anilines is 1. The Morgan fingerprint density at radius 3 is 2.29 bits per heavy atom. The first-order valence-electron chi connectivity index (χ1n) is 5.19. The maximum absolute atomic E-state index is 11.4. The molecule has 1 aromatic carbocycles. The Hall–Kier alpha value is -2.04. The highest BCUT2D eigenvalue weighted by atomic mass is 16.6. The molecule has 0 fully saturated rings. The molecule has 0 aliphatic heterocycles. The molecule has 17 heavy (non-hydrogen) atoms. The second-order valence-electron chi connectivity index (χ2n) is 3.30. The second kappa shape index (κ2) is 5.89. The number of benzene rings is 1. The van der Waals surface area contributed by atoms with Crippen LogP contribution in [-0.4, -0.2) is 32.8 Å². The third-order valence-corrected chi connectivity index (χ3v) is 2.22. The molecule has 0 saturated carbocycles. The summed E-state index contributed by atoms with van der Waals surface area (Å²) in [4.78, 5) is 24.0. The highest BCUT2D eigenvalue weighted by Crippen LogP contribution is 2.15. The number of nitrogens with zero attached hydrogens (tertiary/aromatic N) is 1. The van der Waals surface area contributed by atoms with Crippen LogP contribution < -0.4 is 4.90 Å². The highest BCUT2D eigenvalue weighted by Gasteiger charge is 2.12. The molecule has 0 aliphatic carbocycles. The van der Waals surface area contributed by atoms with Gasteiger partial charge in [0.2, 0.25) is 0 Å². The van der Waals surface area contributed by atoms with Crippen molar-refractivity contribution in [3.8, 4) is 0 Å². The first-order valence-corrected chi connectivity index (χ1v) is 5.19. The van der Waals surface area contributed by atoms with Crippen LogP contribution in [0.15, 0.2) is 24.3 Å². The number of ether oxygens (including phenoxy) is 2. The lowest BCUT2D eigenvalue weighted by atomic mass is 10.2. The van der Waals surface area contributed by atoms with Crippen LogP contribution in [0.4, 0.5) is 10.5 Å². The zero-order valence-electron chi connectivity index (χ0n) is 10.1. The summed E-state index contributed by atoms with van der Waals surface area (Å²) in [6, 6.07) is 6.50. The van der Waals surface area contributed by atoms with Crippen LogP contribution in [0, 0.1) is 0 Å². The standard InChI is InChI=1S/C12H15NO4/c1-4-17-12(15)13(2)10-7-5-9(6-8-10)11(14)16-3/h5-8H,4H2,1-3H3. The molecule has 0 aliphatic rings. The fourth-order valence-corrected chi connectivity index (χ4v) is 1.26. The van der Waals surface area contributed by atoms with Gasteiger partial charge in [-0.15, -0.1) is 0 Å². The lowest BCUT2D eigenvalue weighted by Gasteiger charge is -2.16. The van der Waals surface area contributed by atoms with Crippen LogP contribution >= 0.6 is 0 Å². The number of hydrogen-bond acceptors (Lipinski definition) is 4. The number of carbonyl (C=O) groups is 2. The van der Waals surface area contributed by atoms with Crippen LogP contribution in [0.5, 0.6) is 0 Å². The van der Waals surface area contributed by atoms with Crippen molar-refractivity contribution in [3.63, 3.8) is 0 Å². The normalized spacial score (nSPS) is 9.59. The van der Waals surface area contributed by atoms with Gasteiger partial charge in [-0.3, -0.25) is 4.90 Å². The molecular formula is C12H15NO4. The molecule has 92 valence electrons. The van der Waals surface area contributed by atoms with E-state index in [1.54, 1.807) is 38.2 Å². The fourth-order valence-electron chi connectivity index (χ4n) is 1.26. The van der Waals surface area contributed by atoms with Crippen LogP contribution in [0.3, 0.4) is 0 Å². The number of rotatable bonds is 3. The van der Waals surface area contributed by atoms with Gasteiger partial charge in [-0.25, -0.2) is 9.59 Å². The Bertz CT molecular complexity index is 399. The van der Waals surface area contributed by atoms with Crippen LogP contribution in [0.2, 0.25) is 0 Å². The van der Waals surface area contributed by atoms with Crippen molar-refractivity contribution in [1.82, 2.24) is 0 Å². The van der Waals surface area contributed by atoms with Gasteiger partial charge in [0.05, 0.1) is 19.3 Å². The Morgan fingerprint density at radius 2 is 1.82 bits per heavy atom. The maximum Gasteiger partial charge on any atom is 0.413 e. The van der Waals surface area contributed by atoms with E-state index in [1.165, 1.54) is 12.0 Å². The van der Waals surface area contributed by atoms with Gasteiger partial charge < -0.3 is 9.47 Å². The minimum absolute atomic E-state index is 0.323. The zero-order chi connectivity index (χ0) is 12.8. The third-order valence-electron chi connectivity index (χ3n) is 2.22. The Labute approximate surface area is 99.9 Å². The molecular weight excluding hydrogens is 222 g/mol. The SMILES string of the molecule is CCOC(=O)N(C)c1ccc(C(=O)OC)cc1. The van der Waals surface area contributed by atoms with E-state index >= 15 is 0 Å². The third kappa shape index (κ3) is 3.21. The molecule has 1 aromatic rings. The van der Waals surface area contributed by atoms with E-state index in [9.17, 15) is 9.59 Å². The molecule has 0 spiro atoms. The number of methoxy groups -OCH3 is 1. The second-order valence-corrected chi connectivity index (χ2v) is 3.30. The minimum Gasteiger partial charge on any atom is -0.465 e. The molecule has 0 radical (unpaired) electrons. The zero-order valence-corrected chi connectivity index (χ0v) is 10.1. The lowest BCUT2D eigenvalue weighted by molar-refractivity contribution is 0.0600. The average Bonchev–Trinajstić information content (AvgIpc) is 2.37. The topological polar surface area (TPSA) is 55.8 Å². The predicted molar refractivity (Wildman–Crippen MR) is 63.2 cm³/mol. The van der Waals surface area contributed by atoms with Crippen molar-refractivity contribution < 1.29 is 19.1 Å². The summed E-state index contributed by atoms with van der Waals surface area (Å²) in [6.45, 7) is 2.06. The number of carbonyl (C=O) groups excluding carboxylic acids is 2. The number of hydrogen-bond donors (Lipinski definition) is 0. The number of esters is 1. The summed E-state index contributed by atoms with van der Waals surface area (Å²) < 4.78 is 9.43. The van der Waals surface area contributed by atoms with Crippen LogP contribution in [0.1, 0.15) is 17.3 Å². The van der Waals surface area contributed by atoms with Crippen LogP contribution in [-0.2, 0) is 9.47 Å². The van der Waals surface area contributed by atoms with Crippen molar-refractivity contribution in [2.75, 3.05) is 25.7 Å². The maximum atomic E-state index is 11.4. The van der Waals surface area contributed by atoms with E-state index < -0.39 is 12.1 Å². The predicted octanol–water partition coefficient (Wildman–Crippen LogP) is 2.07. The Balaban J connectivity index is 2.80. The van der Waals surface area contributed by atoms with Gasteiger partial charge in [-0.05, 0) is 31.2 Å². The smallest absolute Gasteiger partial charge is 0.413 e. The van der Waals surface area contributed by atoms with Crippen molar-refractivity contribution in [2.24, 2.45) is 0 Å². The van der Waals surface area contributed by atoms with Crippen LogP contribution in [0.25, 0.3) is 0 Å². The first-order chi connectivity index (χ1) is 8.10. The molecule has 1 rings (SSSR count). The van der Waals surface area contributed by atoms with E-state index in [-0.39, 0.29) is 0 Å². The molecule has 0 N–H and O–H groups in total. The quantitative estimate of drug-likeness (QED) is 0.755. The van der Waals surface area contributed by atoms with Crippen molar-refractivity contribution in [1.29, 1.82) is 0 Å². The Morgan fingerprint density at radius 1 is 1.24 bits per heavy atom. The van der Waals surface area contributed by atoms with E-state index in [4.69, 9.17) is 4.74 Å². The van der Waals surface area contributed by atoms with E-state index in [0.717, 1.165) is 0 Å². The molecule has 0 aromatic heterocycles. The van der Waals surface area contributed by atoms with E-state index in [2.05, 4.69) is 4.74 Å². The summed E-state index contributed by atoms with van der Waals surface area (Å²) in [5.74, 6) is -0.407.